The van der Waals surface area contributed by atoms with Crippen molar-refractivity contribution in [2.45, 2.75) is 19.5 Å². The number of benzene rings is 2. The molecule has 2 heterocycles. The second kappa shape index (κ2) is 7.33. The van der Waals surface area contributed by atoms with Crippen LogP contribution >= 0.6 is 23.2 Å². The van der Waals surface area contributed by atoms with Crippen LogP contribution in [0.15, 0.2) is 48.7 Å². The van der Waals surface area contributed by atoms with Crippen LogP contribution in [0.1, 0.15) is 27.2 Å². The maximum atomic E-state index is 13.1. The van der Waals surface area contributed by atoms with Gasteiger partial charge in [-0.2, -0.15) is 5.10 Å². The Morgan fingerprint density at radius 3 is 2.70 bits per heavy atom. The minimum absolute atomic E-state index is 0.150. The zero-order valence-electron chi connectivity index (χ0n) is 14.3. The summed E-state index contributed by atoms with van der Waals surface area (Å²) in [6.07, 6.45) is 2.57. The SMILES string of the molecule is O=C(c1cccc(Cl)c1Cl)N1CCc2cnn(Cc3ccc(F)cc3)c2C1. The third-order valence-electron chi connectivity index (χ3n) is 4.74. The number of hydrogen-bond donors (Lipinski definition) is 0. The molecule has 1 aliphatic heterocycles. The van der Waals surface area contributed by atoms with Gasteiger partial charge >= 0.3 is 0 Å². The number of carbonyl (C=O) groups is 1. The van der Waals surface area contributed by atoms with E-state index in [0.717, 1.165) is 23.2 Å². The predicted octanol–water partition coefficient (Wildman–Crippen LogP) is 4.58. The van der Waals surface area contributed by atoms with Crippen LogP contribution in [0.5, 0.6) is 0 Å². The van der Waals surface area contributed by atoms with Crippen molar-refractivity contribution in [3.05, 3.63) is 86.9 Å². The third-order valence-corrected chi connectivity index (χ3v) is 5.56. The van der Waals surface area contributed by atoms with Crippen LogP contribution in [-0.4, -0.2) is 27.1 Å². The molecule has 4 rings (SSSR count). The fraction of sp³-hybridized carbons (Fsp3) is 0.200. The minimum atomic E-state index is -0.267. The van der Waals surface area contributed by atoms with Crippen LogP contribution in [0.25, 0.3) is 0 Å². The molecule has 0 fully saturated rings. The Morgan fingerprint density at radius 2 is 1.93 bits per heavy atom. The molecule has 0 bridgehead atoms. The molecule has 4 nitrogen and oxygen atoms in total. The predicted molar refractivity (Wildman–Crippen MR) is 103 cm³/mol. The highest BCUT2D eigenvalue weighted by Gasteiger charge is 2.26. The van der Waals surface area contributed by atoms with E-state index >= 15 is 0 Å². The molecule has 138 valence electrons. The number of aromatic nitrogens is 2. The van der Waals surface area contributed by atoms with Crippen LogP contribution in [-0.2, 0) is 19.5 Å². The van der Waals surface area contributed by atoms with Gasteiger partial charge in [-0.3, -0.25) is 9.48 Å². The summed E-state index contributed by atoms with van der Waals surface area (Å²) in [5.74, 6) is -0.418. The number of amides is 1. The van der Waals surface area contributed by atoms with Gasteiger partial charge in [-0.15, -0.1) is 0 Å². The first kappa shape index (κ1) is 18.0. The molecule has 1 aromatic heterocycles. The van der Waals surface area contributed by atoms with E-state index in [4.69, 9.17) is 23.2 Å². The number of halogens is 3. The smallest absolute Gasteiger partial charge is 0.255 e. The Bertz CT molecular complexity index is 1000. The summed E-state index contributed by atoms with van der Waals surface area (Å²) in [6, 6.07) is 11.4. The highest BCUT2D eigenvalue weighted by atomic mass is 35.5. The van der Waals surface area contributed by atoms with Crippen molar-refractivity contribution in [3.63, 3.8) is 0 Å². The van der Waals surface area contributed by atoms with Gasteiger partial charge in [0.25, 0.3) is 5.91 Å². The Balaban J connectivity index is 1.57. The summed E-state index contributed by atoms with van der Waals surface area (Å²) in [4.78, 5) is 14.7. The summed E-state index contributed by atoms with van der Waals surface area (Å²) in [6.45, 7) is 1.56. The molecular weight excluding hydrogens is 388 g/mol. The van der Waals surface area contributed by atoms with Crippen LogP contribution in [0.2, 0.25) is 10.0 Å². The van der Waals surface area contributed by atoms with E-state index in [0.29, 0.717) is 30.2 Å². The second-order valence-electron chi connectivity index (χ2n) is 6.48. The normalized spacial score (nSPS) is 13.5. The molecule has 1 amide bonds. The quantitative estimate of drug-likeness (QED) is 0.641. The van der Waals surface area contributed by atoms with Gasteiger partial charge in [-0.25, -0.2) is 4.39 Å². The summed E-state index contributed by atoms with van der Waals surface area (Å²) in [5, 5.41) is 5.09. The monoisotopic (exact) mass is 403 g/mol. The molecule has 0 saturated carbocycles. The standard InChI is InChI=1S/C20H16Cl2FN3O/c21-17-3-1-2-16(19(17)22)20(27)25-9-8-14-10-24-26(18(14)12-25)11-13-4-6-15(23)7-5-13/h1-7,10H,8-9,11-12H2. The molecule has 0 radical (unpaired) electrons. The van der Waals surface area contributed by atoms with Crippen molar-refractivity contribution < 1.29 is 9.18 Å². The number of carbonyl (C=O) groups excluding carboxylic acids is 1. The maximum absolute atomic E-state index is 13.1. The van der Waals surface area contributed by atoms with E-state index in [1.165, 1.54) is 12.1 Å². The van der Waals surface area contributed by atoms with E-state index < -0.39 is 0 Å². The summed E-state index contributed by atoms with van der Waals surface area (Å²) < 4.78 is 15.0. The minimum Gasteiger partial charge on any atom is -0.332 e. The fourth-order valence-corrected chi connectivity index (χ4v) is 3.65. The summed E-state index contributed by atoms with van der Waals surface area (Å²) >= 11 is 12.3. The largest absolute Gasteiger partial charge is 0.332 e. The van der Waals surface area contributed by atoms with Gasteiger partial charge in [0.05, 0.1) is 40.6 Å². The van der Waals surface area contributed by atoms with Crippen molar-refractivity contribution in [2.75, 3.05) is 6.54 Å². The van der Waals surface area contributed by atoms with E-state index in [-0.39, 0.29) is 16.7 Å². The van der Waals surface area contributed by atoms with Crippen LogP contribution < -0.4 is 0 Å². The molecule has 2 aromatic carbocycles. The summed E-state index contributed by atoms with van der Waals surface area (Å²) in [7, 11) is 0. The number of rotatable bonds is 3. The first-order valence-electron chi connectivity index (χ1n) is 8.54. The molecule has 27 heavy (non-hydrogen) atoms. The highest BCUT2D eigenvalue weighted by Crippen LogP contribution is 2.28. The average Bonchev–Trinajstić information content (AvgIpc) is 3.07. The molecule has 0 atom stereocenters. The Kier molecular flexibility index (Phi) is 4.89. The molecule has 1 aliphatic rings. The van der Waals surface area contributed by atoms with Crippen molar-refractivity contribution in [3.8, 4) is 0 Å². The molecule has 0 aliphatic carbocycles. The zero-order valence-corrected chi connectivity index (χ0v) is 15.8. The molecule has 0 saturated heterocycles. The molecule has 0 spiro atoms. The van der Waals surface area contributed by atoms with Crippen LogP contribution in [0, 0.1) is 5.82 Å². The molecule has 0 N–H and O–H groups in total. The number of hydrogen-bond acceptors (Lipinski definition) is 2. The van der Waals surface area contributed by atoms with Gasteiger partial charge < -0.3 is 4.90 Å². The lowest BCUT2D eigenvalue weighted by atomic mass is 10.1. The average molecular weight is 404 g/mol. The zero-order chi connectivity index (χ0) is 19.0. The Morgan fingerprint density at radius 1 is 1.15 bits per heavy atom. The molecule has 0 unspecified atom stereocenters. The lowest BCUT2D eigenvalue weighted by molar-refractivity contribution is 0.0730. The van der Waals surface area contributed by atoms with Crippen molar-refractivity contribution >= 4 is 29.1 Å². The van der Waals surface area contributed by atoms with Crippen molar-refractivity contribution in [1.29, 1.82) is 0 Å². The maximum Gasteiger partial charge on any atom is 0.255 e. The van der Waals surface area contributed by atoms with Crippen LogP contribution in [0.4, 0.5) is 4.39 Å². The van der Waals surface area contributed by atoms with E-state index in [2.05, 4.69) is 5.10 Å². The Hall–Kier alpha value is -2.37. The van der Waals surface area contributed by atoms with E-state index in [1.54, 1.807) is 35.2 Å². The van der Waals surface area contributed by atoms with Gasteiger partial charge in [-0.1, -0.05) is 41.4 Å². The first-order valence-corrected chi connectivity index (χ1v) is 9.30. The second-order valence-corrected chi connectivity index (χ2v) is 7.26. The topological polar surface area (TPSA) is 38.1 Å². The van der Waals surface area contributed by atoms with Crippen molar-refractivity contribution in [2.24, 2.45) is 0 Å². The molecular formula is C20H16Cl2FN3O. The Labute approximate surface area is 166 Å². The fourth-order valence-electron chi connectivity index (χ4n) is 3.27. The van der Waals surface area contributed by atoms with E-state index in [1.807, 2.05) is 10.9 Å². The third kappa shape index (κ3) is 3.57. The lowest BCUT2D eigenvalue weighted by Crippen LogP contribution is -2.36. The highest BCUT2D eigenvalue weighted by molar-refractivity contribution is 6.43. The van der Waals surface area contributed by atoms with Gasteiger partial charge in [0, 0.05) is 6.54 Å². The van der Waals surface area contributed by atoms with Gasteiger partial charge in [0.15, 0.2) is 0 Å². The lowest BCUT2D eigenvalue weighted by Gasteiger charge is -2.28. The molecule has 3 aromatic rings. The van der Waals surface area contributed by atoms with Gasteiger partial charge in [0.1, 0.15) is 5.82 Å². The van der Waals surface area contributed by atoms with E-state index in [9.17, 15) is 9.18 Å². The summed E-state index contributed by atoms with van der Waals surface area (Å²) in [5.41, 5.74) is 3.45. The van der Waals surface area contributed by atoms with Gasteiger partial charge in [0.2, 0.25) is 0 Å². The van der Waals surface area contributed by atoms with Gasteiger partial charge in [-0.05, 0) is 41.8 Å². The first-order chi connectivity index (χ1) is 13.0. The van der Waals surface area contributed by atoms with Crippen molar-refractivity contribution in [1.82, 2.24) is 14.7 Å². The van der Waals surface area contributed by atoms with Crippen LogP contribution in [0.3, 0.4) is 0 Å². The number of fused-ring (bicyclic) bond motifs is 1. The number of nitrogens with zero attached hydrogens (tertiary/aromatic N) is 3. The molecule has 7 heteroatoms.